The van der Waals surface area contributed by atoms with E-state index in [1.165, 1.54) is 24.3 Å². The fourth-order valence-corrected chi connectivity index (χ4v) is 1.75. The number of halogens is 3. The van der Waals surface area contributed by atoms with Crippen molar-refractivity contribution in [3.63, 3.8) is 0 Å². The van der Waals surface area contributed by atoms with Gasteiger partial charge in [0.25, 0.3) is 0 Å². The molecule has 2 aromatic rings. The van der Waals surface area contributed by atoms with Gasteiger partial charge in [-0.3, -0.25) is 0 Å². The second kappa shape index (κ2) is 5.54. The molecule has 7 heteroatoms. The molecule has 0 saturated heterocycles. The highest BCUT2D eigenvalue weighted by atomic mass is 19.4. The van der Waals surface area contributed by atoms with Gasteiger partial charge >= 0.3 is 6.36 Å². The Morgan fingerprint density at radius 1 is 1.30 bits per heavy atom. The van der Waals surface area contributed by atoms with Crippen LogP contribution in [0.1, 0.15) is 12.7 Å². The van der Waals surface area contributed by atoms with Crippen LogP contribution in [0.25, 0.3) is 11.3 Å². The Labute approximate surface area is 113 Å². The summed E-state index contributed by atoms with van der Waals surface area (Å²) in [5.41, 5.74) is 7.11. The molecule has 2 rings (SSSR count). The third kappa shape index (κ3) is 3.99. The minimum atomic E-state index is -4.68. The Hall–Kier alpha value is -2.02. The lowest BCUT2D eigenvalue weighted by atomic mass is 10.1. The fourth-order valence-electron chi connectivity index (χ4n) is 1.75. The molecule has 1 heterocycles. The number of rotatable bonds is 4. The van der Waals surface area contributed by atoms with Gasteiger partial charge in [-0.2, -0.15) is 0 Å². The summed E-state index contributed by atoms with van der Waals surface area (Å²) >= 11 is 0. The molecule has 0 aliphatic carbocycles. The van der Waals surface area contributed by atoms with E-state index in [1.807, 2.05) is 6.92 Å². The molecule has 1 unspecified atom stereocenters. The van der Waals surface area contributed by atoms with Crippen LogP contribution >= 0.6 is 0 Å². The van der Waals surface area contributed by atoms with Crippen molar-refractivity contribution < 1.29 is 17.9 Å². The molecule has 108 valence electrons. The number of H-pyrrole nitrogens is 1. The molecule has 0 spiro atoms. The summed E-state index contributed by atoms with van der Waals surface area (Å²) in [6.07, 6.45) is -2.45. The van der Waals surface area contributed by atoms with Crippen LogP contribution in [0.3, 0.4) is 0 Å². The van der Waals surface area contributed by atoms with Crippen molar-refractivity contribution in [1.29, 1.82) is 0 Å². The standard InChI is InChI=1S/C13H14F3N3O/c1-8(17)6-12-18-7-11(19-12)9-2-4-10(5-3-9)20-13(14,15)16/h2-5,7-8H,6,17H2,1H3,(H,18,19). The number of hydrogen-bond donors (Lipinski definition) is 2. The van der Waals surface area contributed by atoms with Gasteiger partial charge in [0.15, 0.2) is 0 Å². The zero-order valence-corrected chi connectivity index (χ0v) is 10.7. The third-order valence-corrected chi connectivity index (χ3v) is 2.54. The summed E-state index contributed by atoms with van der Waals surface area (Å²) in [5.74, 6) is 0.488. The first kappa shape index (κ1) is 14.4. The van der Waals surface area contributed by atoms with E-state index in [2.05, 4.69) is 14.7 Å². The number of hydrogen-bond acceptors (Lipinski definition) is 3. The van der Waals surface area contributed by atoms with Crippen LogP contribution in [-0.2, 0) is 6.42 Å². The summed E-state index contributed by atoms with van der Waals surface area (Å²) in [7, 11) is 0. The van der Waals surface area contributed by atoms with E-state index in [9.17, 15) is 13.2 Å². The molecule has 0 bridgehead atoms. The predicted molar refractivity (Wildman–Crippen MR) is 68.1 cm³/mol. The number of nitrogens with zero attached hydrogens (tertiary/aromatic N) is 1. The van der Waals surface area contributed by atoms with Crippen LogP contribution < -0.4 is 10.5 Å². The Balaban J connectivity index is 2.11. The topological polar surface area (TPSA) is 63.9 Å². The van der Waals surface area contributed by atoms with Crippen LogP contribution in [0.15, 0.2) is 30.5 Å². The highest BCUT2D eigenvalue weighted by molar-refractivity contribution is 5.59. The van der Waals surface area contributed by atoms with Gasteiger partial charge in [0, 0.05) is 12.5 Å². The van der Waals surface area contributed by atoms with E-state index >= 15 is 0 Å². The largest absolute Gasteiger partial charge is 0.573 e. The SMILES string of the molecule is CC(N)Cc1ncc(-c2ccc(OC(F)(F)F)cc2)[nH]1. The maximum Gasteiger partial charge on any atom is 0.573 e. The molecule has 0 amide bonds. The lowest BCUT2D eigenvalue weighted by Crippen LogP contribution is -2.18. The molecule has 0 saturated carbocycles. The number of alkyl halides is 3. The molecule has 0 aliphatic heterocycles. The summed E-state index contributed by atoms with van der Waals surface area (Å²) in [6, 6.07) is 5.56. The van der Waals surface area contributed by atoms with Crippen molar-refractivity contribution in [2.45, 2.75) is 25.7 Å². The van der Waals surface area contributed by atoms with Crippen molar-refractivity contribution in [3.05, 3.63) is 36.3 Å². The maximum absolute atomic E-state index is 12.0. The Morgan fingerprint density at radius 3 is 2.50 bits per heavy atom. The normalized spacial score (nSPS) is 13.2. The third-order valence-electron chi connectivity index (χ3n) is 2.54. The van der Waals surface area contributed by atoms with Crippen molar-refractivity contribution >= 4 is 0 Å². The Morgan fingerprint density at radius 2 is 1.95 bits per heavy atom. The number of aromatic amines is 1. The first-order chi connectivity index (χ1) is 9.33. The number of imidazole rings is 1. The fraction of sp³-hybridized carbons (Fsp3) is 0.308. The minimum absolute atomic E-state index is 0.0171. The molecule has 1 atom stereocenters. The van der Waals surface area contributed by atoms with Gasteiger partial charge in [0.05, 0.1) is 11.9 Å². The molecule has 1 aromatic heterocycles. The first-order valence-electron chi connectivity index (χ1n) is 5.99. The smallest absolute Gasteiger partial charge is 0.406 e. The average Bonchev–Trinajstić information content (AvgIpc) is 2.75. The lowest BCUT2D eigenvalue weighted by molar-refractivity contribution is -0.274. The van der Waals surface area contributed by atoms with Crippen LogP contribution in [0.5, 0.6) is 5.75 Å². The van der Waals surface area contributed by atoms with Crippen molar-refractivity contribution in [1.82, 2.24) is 9.97 Å². The summed E-state index contributed by atoms with van der Waals surface area (Å²) in [6.45, 7) is 1.87. The van der Waals surface area contributed by atoms with E-state index in [4.69, 9.17) is 5.73 Å². The van der Waals surface area contributed by atoms with E-state index in [0.717, 1.165) is 17.1 Å². The second-order valence-electron chi connectivity index (χ2n) is 4.50. The molecule has 0 radical (unpaired) electrons. The zero-order valence-electron chi connectivity index (χ0n) is 10.7. The van der Waals surface area contributed by atoms with E-state index in [1.54, 1.807) is 6.20 Å². The molecule has 4 nitrogen and oxygen atoms in total. The second-order valence-corrected chi connectivity index (χ2v) is 4.50. The summed E-state index contributed by atoms with van der Waals surface area (Å²) < 4.78 is 39.9. The van der Waals surface area contributed by atoms with Crippen LogP contribution in [0, 0.1) is 0 Å². The van der Waals surface area contributed by atoms with Gasteiger partial charge in [-0.25, -0.2) is 4.98 Å². The van der Waals surface area contributed by atoms with Crippen LogP contribution in [-0.4, -0.2) is 22.4 Å². The minimum Gasteiger partial charge on any atom is -0.406 e. The molecule has 1 aromatic carbocycles. The molecule has 0 fully saturated rings. The number of ether oxygens (including phenoxy) is 1. The van der Waals surface area contributed by atoms with Gasteiger partial charge in [-0.05, 0) is 36.8 Å². The number of aromatic nitrogens is 2. The summed E-state index contributed by atoms with van der Waals surface area (Å²) in [5, 5.41) is 0. The van der Waals surface area contributed by atoms with E-state index < -0.39 is 6.36 Å². The summed E-state index contributed by atoms with van der Waals surface area (Å²) in [4.78, 5) is 7.24. The maximum atomic E-state index is 12.0. The number of nitrogens with one attached hydrogen (secondary N) is 1. The molecular formula is C13H14F3N3O. The number of benzene rings is 1. The lowest BCUT2D eigenvalue weighted by Gasteiger charge is -2.08. The van der Waals surface area contributed by atoms with Crippen molar-refractivity contribution in [3.8, 4) is 17.0 Å². The van der Waals surface area contributed by atoms with E-state index in [-0.39, 0.29) is 11.8 Å². The highest BCUT2D eigenvalue weighted by Crippen LogP contribution is 2.25. The average molecular weight is 285 g/mol. The Kier molecular flexibility index (Phi) is 3.99. The Bertz CT molecular complexity index is 561. The molecule has 3 N–H and O–H groups in total. The zero-order chi connectivity index (χ0) is 14.8. The van der Waals surface area contributed by atoms with Crippen molar-refractivity contribution in [2.75, 3.05) is 0 Å². The molecular weight excluding hydrogens is 271 g/mol. The molecule has 20 heavy (non-hydrogen) atoms. The van der Waals surface area contributed by atoms with Gasteiger partial charge < -0.3 is 15.5 Å². The first-order valence-corrected chi connectivity index (χ1v) is 5.99. The van der Waals surface area contributed by atoms with Crippen molar-refractivity contribution in [2.24, 2.45) is 5.73 Å². The van der Waals surface area contributed by atoms with Gasteiger partial charge in [-0.1, -0.05) is 0 Å². The monoisotopic (exact) mass is 285 g/mol. The van der Waals surface area contributed by atoms with Gasteiger partial charge in [0.1, 0.15) is 11.6 Å². The van der Waals surface area contributed by atoms with Crippen LogP contribution in [0.4, 0.5) is 13.2 Å². The quantitative estimate of drug-likeness (QED) is 0.908. The van der Waals surface area contributed by atoms with Gasteiger partial charge in [-0.15, -0.1) is 13.2 Å². The predicted octanol–water partition coefficient (Wildman–Crippen LogP) is 2.87. The molecule has 0 aliphatic rings. The number of nitrogens with two attached hydrogens (primary N) is 1. The van der Waals surface area contributed by atoms with Gasteiger partial charge in [0.2, 0.25) is 0 Å². The van der Waals surface area contributed by atoms with Crippen LogP contribution in [0.2, 0.25) is 0 Å². The highest BCUT2D eigenvalue weighted by Gasteiger charge is 2.30. The van der Waals surface area contributed by atoms with E-state index in [0.29, 0.717) is 6.42 Å².